The monoisotopic (exact) mass is 464 g/mol. The van der Waals surface area contributed by atoms with Gasteiger partial charge in [0.15, 0.2) is 5.82 Å². The molecule has 2 N–H and O–H groups in total. The molecule has 182 valence electrons. The van der Waals surface area contributed by atoms with Gasteiger partial charge in [-0.3, -0.25) is 14.8 Å². The SMILES string of the molecule is CCc1cc2[nH]c(-c3n[nH]c4c3C[C@@H](CC)CC4)nc2cc1N(C)C(=O)[C@H](C)N1CCOCC1. The van der Waals surface area contributed by atoms with Crippen LogP contribution < -0.4 is 4.90 Å². The number of hydrogen-bond acceptors (Lipinski definition) is 5. The molecule has 3 aromatic rings. The van der Waals surface area contributed by atoms with Gasteiger partial charge < -0.3 is 14.6 Å². The zero-order chi connectivity index (χ0) is 23.8. The normalized spacial score (nSPS) is 19.8. The number of aryl methyl sites for hydroxylation is 2. The summed E-state index contributed by atoms with van der Waals surface area (Å²) >= 11 is 0. The number of carbonyl (C=O) groups is 1. The van der Waals surface area contributed by atoms with Gasteiger partial charge in [0.25, 0.3) is 0 Å². The maximum atomic E-state index is 13.4. The summed E-state index contributed by atoms with van der Waals surface area (Å²) in [4.78, 5) is 25.8. The van der Waals surface area contributed by atoms with Crippen LogP contribution in [0.2, 0.25) is 0 Å². The minimum absolute atomic E-state index is 0.0960. The molecule has 3 heterocycles. The van der Waals surface area contributed by atoms with Crippen molar-refractivity contribution in [2.75, 3.05) is 38.3 Å². The first kappa shape index (κ1) is 23.1. The second-order valence-corrected chi connectivity index (χ2v) is 9.70. The van der Waals surface area contributed by atoms with E-state index in [1.165, 1.54) is 24.1 Å². The van der Waals surface area contributed by atoms with Gasteiger partial charge in [0.2, 0.25) is 5.91 Å². The van der Waals surface area contributed by atoms with Crippen molar-refractivity contribution in [3.8, 4) is 11.5 Å². The number of aromatic nitrogens is 4. The maximum absolute atomic E-state index is 13.4. The molecule has 2 atom stereocenters. The molecule has 0 saturated carbocycles. The van der Waals surface area contributed by atoms with Crippen LogP contribution in [-0.4, -0.2) is 70.4 Å². The fourth-order valence-corrected chi connectivity index (χ4v) is 5.43. The van der Waals surface area contributed by atoms with Crippen molar-refractivity contribution in [3.05, 3.63) is 29.0 Å². The number of amides is 1. The van der Waals surface area contributed by atoms with E-state index in [-0.39, 0.29) is 11.9 Å². The highest BCUT2D eigenvalue weighted by atomic mass is 16.5. The van der Waals surface area contributed by atoms with E-state index >= 15 is 0 Å². The third-order valence-corrected chi connectivity index (χ3v) is 7.76. The Kier molecular flexibility index (Phi) is 6.44. The predicted octanol–water partition coefficient (Wildman–Crippen LogP) is 3.71. The number of rotatable bonds is 6. The number of carbonyl (C=O) groups excluding carboxylic acids is 1. The molecule has 2 aliphatic rings. The third-order valence-electron chi connectivity index (χ3n) is 7.76. The first-order valence-electron chi connectivity index (χ1n) is 12.7. The highest BCUT2D eigenvalue weighted by Gasteiger charge is 2.28. The summed E-state index contributed by atoms with van der Waals surface area (Å²) in [5.41, 5.74) is 7.39. The number of aromatic amines is 2. The third kappa shape index (κ3) is 4.14. The Balaban J connectivity index is 1.46. The Labute approximate surface area is 201 Å². The summed E-state index contributed by atoms with van der Waals surface area (Å²) in [7, 11) is 1.88. The molecule has 0 bridgehead atoms. The molecule has 34 heavy (non-hydrogen) atoms. The minimum atomic E-state index is -0.189. The lowest BCUT2D eigenvalue weighted by Gasteiger charge is -2.34. The van der Waals surface area contributed by atoms with Crippen molar-refractivity contribution in [1.29, 1.82) is 0 Å². The predicted molar refractivity (Wildman–Crippen MR) is 134 cm³/mol. The Bertz CT molecular complexity index is 1180. The second-order valence-electron chi connectivity index (χ2n) is 9.70. The highest BCUT2D eigenvalue weighted by molar-refractivity contribution is 5.99. The van der Waals surface area contributed by atoms with Crippen LogP contribution in [0.25, 0.3) is 22.6 Å². The number of likely N-dealkylation sites (N-methyl/N-ethyl adjacent to an activating group) is 1. The number of imidazole rings is 1. The van der Waals surface area contributed by atoms with Crippen molar-refractivity contribution in [2.24, 2.45) is 5.92 Å². The molecule has 8 nitrogen and oxygen atoms in total. The number of H-pyrrole nitrogens is 2. The van der Waals surface area contributed by atoms with Gasteiger partial charge in [-0.2, -0.15) is 5.10 Å². The van der Waals surface area contributed by atoms with Crippen LogP contribution >= 0.6 is 0 Å². The van der Waals surface area contributed by atoms with Crippen molar-refractivity contribution in [1.82, 2.24) is 25.1 Å². The van der Waals surface area contributed by atoms with E-state index < -0.39 is 0 Å². The average molecular weight is 465 g/mol. The lowest BCUT2D eigenvalue weighted by Crippen LogP contribution is -2.50. The molecule has 2 aromatic heterocycles. The molecular weight excluding hydrogens is 428 g/mol. The Morgan fingerprint density at radius 2 is 2.09 bits per heavy atom. The number of fused-ring (bicyclic) bond motifs is 2. The van der Waals surface area contributed by atoms with Crippen molar-refractivity contribution in [2.45, 2.75) is 58.9 Å². The van der Waals surface area contributed by atoms with E-state index in [0.717, 1.165) is 66.2 Å². The molecule has 1 amide bonds. The van der Waals surface area contributed by atoms with Crippen LogP contribution in [0.1, 0.15) is 50.4 Å². The van der Waals surface area contributed by atoms with E-state index in [9.17, 15) is 4.79 Å². The van der Waals surface area contributed by atoms with Gasteiger partial charge in [0.05, 0.1) is 30.3 Å². The number of nitrogens with zero attached hydrogens (tertiary/aromatic N) is 4. The largest absolute Gasteiger partial charge is 0.379 e. The molecular formula is C26H36N6O2. The van der Waals surface area contributed by atoms with Gasteiger partial charge in [0.1, 0.15) is 5.69 Å². The molecule has 5 rings (SSSR count). The van der Waals surface area contributed by atoms with Gasteiger partial charge >= 0.3 is 0 Å². The van der Waals surface area contributed by atoms with Crippen molar-refractivity contribution in [3.63, 3.8) is 0 Å². The molecule has 1 saturated heterocycles. The van der Waals surface area contributed by atoms with Crippen LogP contribution in [0.3, 0.4) is 0 Å². The van der Waals surface area contributed by atoms with E-state index in [0.29, 0.717) is 19.1 Å². The summed E-state index contributed by atoms with van der Waals surface area (Å²) in [5.74, 6) is 1.61. The van der Waals surface area contributed by atoms with Crippen LogP contribution in [0, 0.1) is 5.92 Å². The fourth-order valence-electron chi connectivity index (χ4n) is 5.43. The molecule has 1 aromatic carbocycles. The lowest BCUT2D eigenvalue weighted by molar-refractivity contribution is -0.124. The van der Waals surface area contributed by atoms with Crippen LogP contribution in [0.5, 0.6) is 0 Å². The summed E-state index contributed by atoms with van der Waals surface area (Å²) in [6.07, 6.45) is 5.35. The van der Waals surface area contributed by atoms with E-state index in [1.807, 2.05) is 20.0 Å². The first-order chi connectivity index (χ1) is 16.5. The molecule has 1 fully saturated rings. The topological polar surface area (TPSA) is 90.1 Å². The first-order valence-corrected chi connectivity index (χ1v) is 12.7. The number of nitrogens with one attached hydrogen (secondary N) is 2. The van der Waals surface area contributed by atoms with Crippen LogP contribution in [0.15, 0.2) is 12.1 Å². The number of hydrogen-bond donors (Lipinski definition) is 2. The van der Waals surface area contributed by atoms with Crippen LogP contribution in [0.4, 0.5) is 5.69 Å². The summed E-state index contributed by atoms with van der Waals surface area (Å²) < 4.78 is 5.45. The smallest absolute Gasteiger partial charge is 0.243 e. The van der Waals surface area contributed by atoms with E-state index in [2.05, 4.69) is 40.0 Å². The summed E-state index contributed by atoms with van der Waals surface area (Å²) in [5, 5.41) is 7.88. The van der Waals surface area contributed by atoms with Crippen molar-refractivity contribution >= 4 is 22.6 Å². The Hall–Kier alpha value is -2.71. The number of ether oxygens (including phenoxy) is 1. The number of benzene rings is 1. The standard InChI is InChI=1S/C26H36N6O2/c1-5-17-7-8-20-19(13-17)24(30-29-20)25-27-21-14-18(6-2)23(15-22(21)28-25)31(4)26(33)16(3)32-9-11-34-12-10-32/h14-17H,5-13H2,1-4H3,(H,27,28)(H,29,30)/t16-,17-/m0/s1. The average Bonchev–Trinajstić information content (AvgIpc) is 3.49. The highest BCUT2D eigenvalue weighted by Crippen LogP contribution is 2.34. The maximum Gasteiger partial charge on any atom is 0.243 e. The molecule has 8 heteroatoms. The molecule has 1 aliphatic carbocycles. The number of morpholine rings is 1. The second kappa shape index (κ2) is 9.50. The van der Waals surface area contributed by atoms with E-state index in [1.54, 1.807) is 4.90 Å². The molecule has 0 unspecified atom stereocenters. The molecule has 1 aliphatic heterocycles. The van der Waals surface area contributed by atoms with Gasteiger partial charge in [-0.25, -0.2) is 4.98 Å². The zero-order valence-corrected chi connectivity index (χ0v) is 20.8. The van der Waals surface area contributed by atoms with E-state index in [4.69, 9.17) is 9.72 Å². The number of anilines is 1. The Morgan fingerprint density at radius 3 is 2.82 bits per heavy atom. The van der Waals surface area contributed by atoms with Gasteiger partial charge in [0, 0.05) is 37.1 Å². The fraction of sp³-hybridized carbons (Fsp3) is 0.577. The Morgan fingerprint density at radius 1 is 1.29 bits per heavy atom. The molecule has 0 radical (unpaired) electrons. The van der Waals surface area contributed by atoms with Crippen molar-refractivity contribution < 1.29 is 9.53 Å². The van der Waals surface area contributed by atoms with Gasteiger partial charge in [-0.1, -0.05) is 20.3 Å². The minimum Gasteiger partial charge on any atom is -0.379 e. The molecule has 0 spiro atoms. The summed E-state index contributed by atoms with van der Waals surface area (Å²) in [6.45, 7) is 9.32. The zero-order valence-electron chi connectivity index (χ0n) is 20.8. The summed E-state index contributed by atoms with van der Waals surface area (Å²) in [6, 6.07) is 4.00. The van der Waals surface area contributed by atoms with Crippen LogP contribution in [-0.2, 0) is 28.8 Å². The van der Waals surface area contributed by atoms with Gasteiger partial charge in [-0.05, 0) is 56.2 Å². The lowest BCUT2D eigenvalue weighted by atomic mass is 9.85. The quantitative estimate of drug-likeness (QED) is 0.580. The van der Waals surface area contributed by atoms with Gasteiger partial charge in [-0.15, -0.1) is 0 Å².